The molecule has 0 saturated heterocycles. The van der Waals surface area contributed by atoms with Crippen molar-refractivity contribution in [1.82, 2.24) is 5.32 Å². The average Bonchev–Trinajstić information content (AvgIpc) is 2.81. The Balaban J connectivity index is 1.69. The SMILES string of the molecule is CCC(NC(=S)Nc1cccc(C(=O)c2ccc(C(C)(C)C)cc2)c1)c1ccc(S(C)(=O)=O)cc1. The number of thiocarbonyl (C=S) groups is 1. The number of hydrogen-bond donors (Lipinski definition) is 2. The summed E-state index contributed by atoms with van der Waals surface area (Å²) in [4.78, 5) is 13.3. The highest BCUT2D eigenvalue weighted by molar-refractivity contribution is 7.90. The molecule has 3 aromatic carbocycles. The van der Waals surface area contributed by atoms with Crippen LogP contribution >= 0.6 is 12.2 Å². The minimum absolute atomic E-state index is 0.0280. The summed E-state index contributed by atoms with van der Waals surface area (Å²) >= 11 is 5.51. The fourth-order valence-electron chi connectivity index (χ4n) is 3.72. The van der Waals surface area contributed by atoms with Crippen LogP contribution < -0.4 is 10.6 Å². The van der Waals surface area contributed by atoms with Crippen molar-refractivity contribution in [3.63, 3.8) is 0 Å². The van der Waals surface area contributed by atoms with E-state index in [1.807, 2.05) is 43.3 Å². The molecule has 5 nitrogen and oxygen atoms in total. The predicted octanol–water partition coefficient (Wildman–Crippen LogP) is 6.06. The first kappa shape index (κ1) is 26.6. The van der Waals surface area contributed by atoms with Crippen molar-refractivity contribution in [1.29, 1.82) is 0 Å². The Morgan fingerprint density at radius 2 is 1.57 bits per heavy atom. The number of nitrogens with one attached hydrogen (secondary N) is 2. The summed E-state index contributed by atoms with van der Waals surface area (Å²) < 4.78 is 23.4. The minimum atomic E-state index is -3.24. The number of sulfone groups is 1. The van der Waals surface area contributed by atoms with Crippen molar-refractivity contribution in [2.75, 3.05) is 11.6 Å². The first-order valence-corrected chi connectivity index (χ1v) is 13.8. The van der Waals surface area contributed by atoms with E-state index in [-0.39, 0.29) is 22.1 Å². The zero-order valence-electron chi connectivity index (χ0n) is 20.8. The van der Waals surface area contributed by atoms with Crippen LogP contribution in [0.25, 0.3) is 0 Å². The van der Waals surface area contributed by atoms with Gasteiger partial charge in [0.15, 0.2) is 20.7 Å². The van der Waals surface area contributed by atoms with Gasteiger partial charge in [-0.1, -0.05) is 76.2 Å². The van der Waals surface area contributed by atoms with Gasteiger partial charge in [-0.25, -0.2) is 8.42 Å². The fraction of sp³-hybridized carbons (Fsp3) is 0.286. The summed E-state index contributed by atoms with van der Waals surface area (Å²) in [5.74, 6) is -0.0506. The molecule has 1 unspecified atom stereocenters. The fourth-order valence-corrected chi connectivity index (χ4v) is 4.61. The van der Waals surface area contributed by atoms with Crippen LogP contribution in [0.15, 0.2) is 77.7 Å². The van der Waals surface area contributed by atoms with Gasteiger partial charge >= 0.3 is 0 Å². The van der Waals surface area contributed by atoms with Gasteiger partial charge in [0.25, 0.3) is 0 Å². The lowest BCUT2D eigenvalue weighted by atomic mass is 9.86. The second kappa shape index (κ2) is 10.7. The second-order valence-electron chi connectivity index (χ2n) is 9.64. The van der Waals surface area contributed by atoms with Gasteiger partial charge in [0, 0.05) is 23.1 Å². The zero-order chi connectivity index (χ0) is 25.8. The van der Waals surface area contributed by atoms with Crippen LogP contribution in [-0.2, 0) is 15.3 Å². The van der Waals surface area contributed by atoms with Crippen molar-refractivity contribution in [2.24, 2.45) is 0 Å². The van der Waals surface area contributed by atoms with E-state index in [0.717, 1.165) is 12.0 Å². The normalized spacial score (nSPS) is 12.6. The van der Waals surface area contributed by atoms with Gasteiger partial charge in [-0.15, -0.1) is 0 Å². The monoisotopic (exact) mass is 508 g/mol. The third-order valence-corrected chi connectivity index (χ3v) is 7.17. The third-order valence-electron chi connectivity index (χ3n) is 5.82. The molecule has 0 radical (unpaired) electrons. The Morgan fingerprint density at radius 1 is 0.943 bits per heavy atom. The molecule has 0 fully saturated rings. The van der Waals surface area contributed by atoms with E-state index in [4.69, 9.17) is 12.2 Å². The minimum Gasteiger partial charge on any atom is -0.356 e. The molecule has 0 aliphatic rings. The van der Waals surface area contributed by atoms with Crippen molar-refractivity contribution >= 4 is 38.6 Å². The molecule has 0 amide bonds. The summed E-state index contributed by atoms with van der Waals surface area (Å²) in [7, 11) is -3.24. The maximum atomic E-state index is 13.0. The number of hydrogen-bond acceptors (Lipinski definition) is 4. The van der Waals surface area contributed by atoms with Crippen LogP contribution in [0.4, 0.5) is 5.69 Å². The van der Waals surface area contributed by atoms with Crippen LogP contribution in [0.1, 0.15) is 67.2 Å². The van der Waals surface area contributed by atoms with Gasteiger partial charge in [0.1, 0.15) is 0 Å². The molecule has 0 aliphatic carbocycles. The Kier molecular flexibility index (Phi) is 8.13. The van der Waals surface area contributed by atoms with Crippen molar-refractivity contribution in [2.45, 2.75) is 50.5 Å². The molecule has 35 heavy (non-hydrogen) atoms. The van der Waals surface area contributed by atoms with E-state index < -0.39 is 9.84 Å². The maximum absolute atomic E-state index is 13.0. The summed E-state index contributed by atoms with van der Waals surface area (Å²) in [5.41, 5.74) is 4.07. The quantitative estimate of drug-likeness (QED) is 0.299. The Labute approximate surface area is 213 Å². The summed E-state index contributed by atoms with van der Waals surface area (Å²) in [6.07, 6.45) is 1.94. The number of anilines is 1. The maximum Gasteiger partial charge on any atom is 0.193 e. The van der Waals surface area contributed by atoms with Crippen molar-refractivity contribution in [3.05, 3.63) is 95.1 Å². The van der Waals surface area contributed by atoms with Crippen LogP contribution in [0.5, 0.6) is 0 Å². The highest BCUT2D eigenvalue weighted by atomic mass is 32.2. The number of carbonyl (C=O) groups excluding carboxylic acids is 1. The second-order valence-corrected chi connectivity index (χ2v) is 12.1. The Hall–Kier alpha value is -3.03. The van der Waals surface area contributed by atoms with Crippen molar-refractivity contribution in [3.8, 4) is 0 Å². The van der Waals surface area contributed by atoms with Gasteiger partial charge in [-0.2, -0.15) is 0 Å². The molecule has 2 N–H and O–H groups in total. The van der Waals surface area contributed by atoms with Gasteiger partial charge in [-0.05, 0) is 59.4 Å². The molecule has 0 saturated carbocycles. The van der Waals surface area contributed by atoms with E-state index >= 15 is 0 Å². The summed E-state index contributed by atoms with van der Waals surface area (Å²) in [6, 6.07) is 21.7. The lowest BCUT2D eigenvalue weighted by Gasteiger charge is -2.20. The molecule has 0 bridgehead atoms. The molecule has 0 aliphatic heterocycles. The van der Waals surface area contributed by atoms with E-state index in [0.29, 0.717) is 21.9 Å². The largest absolute Gasteiger partial charge is 0.356 e. The Bertz CT molecular complexity index is 1310. The zero-order valence-corrected chi connectivity index (χ0v) is 22.4. The first-order valence-electron chi connectivity index (χ1n) is 11.5. The average molecular weight is 509 g/mol. The molecule has 0 spiro atoms. The van der Waals surface area contributed by atoms with Gasteiger partial charge in [-0.3, -0.25) is 4.79 Å². The standard InChI is InChI=1S/C28H32N2O3S2/c1-6-25(19-12-16-24(17-13-19)35(5,32)33)30-27(34)29-23-9-7-8-21(18-23)26(31)20-10-14-22(15-11-20)28(2,3)4/h7-18,25H,6H2,1-5H3,(H2,29,30,34). The van der Waals surface area contributed by atoms with Crippen LogP contribution in [0.2, 0.25) is 0 Å². The van der Waals surface area contributed by atoms with Crippen LogP contribution in [0, 0.1) is 0 Å². The van der Waals surface area contributed by atoms with E-state index in [9.17, 15) is 13.2 Å². The molecular formula is C28H32N2O3S2. The van der Waals surface area contributed by atoms with E-state index in [1.54, 1.807) is 36.4 Å². The lowest BCUT2D eigenvalue weighted by molar-refractivity contribution is 0.103. The number of rotatable bonds is 7. The molecule has 1 atom stereocenters. The highest BCUT2D eigenvalue weighted by Gasteiger charge is 2.16. The molecule has 3 aromatic rings. The van der Waals surface area contributed by atoms with Gasteiger partial charge in [0.2, 0.25) is 0 Å². The molecular weight excluding hydrogens is 476 g/mol. The smallest absolute Gasteiger partial charge is 0.193 e. The number of carbonyl (C=O) groups is 1. The topological polar surface area (TPSA) is 75.3 Å². The molecule has 184 valence electrons. The number of benzene rings is 3. The molecule has 3 rings (SSSR count). The third kappa shape index (κ3) is 6.99. The van der Waals surface area contributed by atoms with Crippen LogP contribution in [-0.4, -0.2) is 25.6 Å². The number of ketones is 1. The highest BCUT2D eigenvalue weighted by Crippen LogP contribution is 2.24. The predicted molar refractivity (Wildman–Crippen MR) is 147 cm³/mol. The van der Waals surface area contributed by atoms with E-state index in [2.05, 4.69) is 31.4 Å². The van der Waals surface area contributed by atoms with Gasteiger partial charge < -0.3 is 10.6 Å². The van der Waals surface area contributed by atoms with E-state index in [1.165, 1.54) is 11.8 Å². The summed E-state index contributed by atoms with van der Waals surface area (Å²) in [6.45, 7) is 8.45. The van der Waals surface area contributed by atoms with Crippen molar-refractivity contribution < 1.29 is 13.2 Å². The Morgan fingerprint density at radius 3 is 2.11 bits per heavy atom. The molecule has 0 heterocycles. The van der Waals surface area contributed by atoms with Gasteiger partial charge in [0.05, 0.1) is 10.9 Å². The molecule has 0 aromatic heterocycles. The lowest BCUT2D eigenvalue weighted by Crippen LogP contribution is -2.32. The summed E-state index contributed by atoms with van der Waals surface area (Å²) in [5, 5.41) is 6.86. The van der Waals surface area contributed by atoms with Crippen LogP contribution in [0.3, 0.4) is 0 Å². The molecule has 7 heteroatoms. The first-order chi connectivity index (χ1) is 16.4.